The Balaban J connectivity index is 1.90. The van der Waals surface area contributed by atoms with Gasteiger partial charge in [0.15, 0.2) is 5.82 Å². The lowest BCUT2D eigenvalue weighted by molar-refractivity contribution is 0.402. The number of aromatic nitrogens is 2. The van der Waals surface area contributed by atoms with Crippen LogP contribution in [0.2, 0.25) is 0 Å². The number of rotatable bonds is 7. The molecule has 1 radical (unpaired) electrons. The molecule has 0 aliphatic carbocycles. The molecule has 0 atom stereocenters. The van der Waals surface area contributed by atoms with Crippen LogP contribution in [0.25, 0.3) is 0 Å². The molecule has 1 aromatic rings. The van der Waals surface area contributed by atoms with Gasteiger partial charge in [0.2, 0.25) is 0 Å². The minimum absolute atomic E-state index is 0.787. The molecule has 0 bridgehead atoms. The summed E-state index contributed by atoms with van der Waals surface area (Å²) in [6.07, 6.45) is 11.1. The third-order valence-electron chi connectivity index (χ3n) is 2.12. The van der Waals surface area contributed by atoms with Gasteiger partial charge in [0.1, 0.15) is 0 Å². The molecule has 13 heavy (non-hydrogen) atoms. The van der Waals surface area contributed by atoms with E-state index in [4.69, 9.17) is 0 Å². The topological polar surface area (TPSA) is 38.9 Å². The Morgan fingerprint density at radius 3 is 2.62 bits per heavy atom. The van der Waals surface area contributed by atoms with Gasteiger partial charge in [-0.3, -0.25) is 0 Å². The van der Waals surface area contributed by atoms with Crippen LogP contribution in [-0.2, 0) is 6.42 Å². The summed E-state index contributed by atoms with van der Waals surface area (Å²) in [5.41, 5.74) is 0. The van der Waals surface area contributed by atoms with E-state index in [1.54, 1.807) is 0 Å². The quantitative estimate of drug-likeness (QED) is 0.607. The lowest BCUT2D eigenvalue weighted by Crippen LogP contribution is -1.88. The Kier molecular flexibility index (Phi) is 5.22. The average Bonchev–Trinajstić information content (AvgIpc) is 2.63. The summed E-state index contributed by atoms with van der Waals surface area (Å²) in [6, 6.07) is 0. The maximum absolute atomic E-state index is 4.52. The van der Waals surface area contributed by atoms with Crippen molar-refractivity contribution in [2.75, 3.05) is 0 Å². The molecule has 0 aliphatic heterocycles. The summed E-state index contributed by atoms with van der Waals surface area (Å²) >= 11 is 0. The molecule has 0 N–H and O–H groups in total. The number of hydrogen-bond acceptors (Lipinski definition) is 3. The van der Waals surface area contributed by atoms with Crippen LogP contribution < -0.4 is 0 Å². The van der Waals surface area contributed by atoms with Crippen LogP contribution in [0.5, 0.6) is 0 Å². The number of nitrogens with zero attached hydrogens (tertiary/aromatic N) is 2. The van der Waals surface area contributed by atoms with Gasteiger partial charge in [0.05, 0.1) is 0 Å². The molecule has 0 saturated heterocycles. The molecule has 3 heteroatoms. The first-order valence-electron chi connectivity index (χ1n) is 5.12. The first-order chi connectivity index (χ1) is 6.43. The molecule has 0 fully saturated rings. The second-order valence-electron chi connectivity index (χ2n) is 3.32. The van der Waals surface area contributed by atoms with Crippen molar-refractivity contribution in [2.45, 2.75) is 51.9 Å². The van der Waals surface area contributed by atoms with E-state index in [9.17, 15) is 0 Å². The van der Waals surface area contributed by atoms with E-state index in [0.29, 0.717) is 0 Å². The smallest absolute Gasteiger partial charge is 0.316 e. The number of hydrogen-bond donors (Lipinski definition) is 0. The SMILES string of the molecule is CCCCCCCCc1n[c]on1. The standard InChI is InChI=1S/C10H17N2O/c1-2-3-4-5-6-7-8-10-11-9-13-12-10/h2-8H2,1H3. The Morgan fingerprint density at radius 1 is 1.15 bits per heavy atom. The van der Waals surface area contributed by atoms with E-state index in [1.807, 2.05) is 0 Å². The molecule has 0 saturated carbocycles. The van der Waals surface area contributed by atoms with Crippen LogP contribution in [0.15, 0.2) is 4.52 Å². The van der Waals surface area contributed by atoms with Gasteiger partial charge >= 0.3 is 6.39 Å². The van der Waals surface area contributed by atoms with Gasteiger partial charge in [-0.2, -0.15) is 4.98 Å². The first-order valence-corrected chi connectivity index (χ1v) is 5.12. The fourth-order valence-electron chi connectivity index (χ4n) is 1.33. The third-order valence-corrected chi connectivity index (χ3v) is 2.12. The Hall–Kier alpha value is -0.860. The largest absolute Gasteiger partial charge is 0.329 e. The molecule has 0 spiro atoms. The first kappa shape index (κ1) is 10.2. The summed E-state index contributed by atoms with van der Waals surface area (Å²) in [4.78, 5) is 3.85. The minimum atomic E-state index is 0.787. The van der Waals surface area contributed by atoms with Crippen molar-refractivity contribution in [1.29, 1.82) is 0 Å². The minimum Gasteiger partial charge on any atom is -0.329 e. The molecule has 73 valence electrons. The predicted molar refractivity (Wildman–Crippen MR) is 50.2 cm³/mol. The van der Waals surface area contributed by atoms with Gasteiger partial charge in [0.25, 0.3) is 0 Å². The zero-order valence-electron chi connectivity index (χ0n) is 8.25. The van der Waals surface area contributed by atoms with Gasteiger partial charge in [-0.25, -0.2) is 0 Å². The molecule has 3 nitrogen and oxygen atoms in total. The van der Waals surface area contributed by atoms with Crippen molar-refractivity contribution in [3.8, 4) is 0 Å². The van der Waals surface area contributed by atoms with E-state index in [2.05, 4.69) is 28.0 Å². The van der Waals surface area contributed by atoms with Crippen LogP contribution in [0, 0.1) is 6.39 Å². The summed E-state index contributed by atoms with van der Waals surface area (Å²) in [6.45, 7) is 2.23. The van der Waals surface area contributed by atoms with Crippen molar-refractivity contribution in [3.63, 3.8) is 0 Å². The van der Waals surface area contributed by atoms with Crippen molar-refractivity contribution >= 4 is 0 Å². The average molecular weight is 181 g/mol. The fourth-order valence-corrected chi connectivity index (χ4v) is 1.33. The van der Waals surface area contributed by atoms with Gasteiger partial charge in [-0.15, -0.1) is 0 Å². The van der Waals surface area contributed by atoms with Crippen LogP contribution in [0.3, 0.4) is 0 Å². The van der Waals surface area contributed by atoms with Crippen molar-refractivity contribution < 1.29 is 4.52 Å². The zero-order valence-corrected chi connectivity index (χ0v) is 8.25. The monoisotopic (exact) mass is 181 g/mol. The van der Waals surface area contributed by atoms with E-state index < -0.39 is 0 Å². The van der Waals surface area contributed by atoms with E-state index in [0.717, 1.165) is 18.7 Å². The normalized spacial score (nSPS) is 10.5. The Bertz CT molecular complexity index is 197. The lowest BCUT2D eigenvalue weighted by Gasteiger charge is -1.97. The van der Waals surface area contributed by atoms with Gasteiger partial charge in [0, 0.05) is 6.42 Å². The molecule has 0 amide bonds. The molecule has 1 rings (SSSR count). The van der Waals surface area contributed by atoms with E-state index in [1.165, 1.54) is 32.1 Å². The van der Waals surface area contributed by atoms with Crippen LogP contribution in [0.4, 0.5) is 0 Å². The third kappa shape index (κ3) is 4.65. The van der Waals surface area contributed by atoms with Crippen LogP contribution in [0.1, 0.15) is 51.3 Å². The second kappa shape index (κ2) is 6.63. The summed E-state index contributed by atoms with van der Waals surface area (Å²) < 4.78 is 4.52. The maximum atomic E-state index is 4.52. The van der Waals surface area contributed by atoms with Gasteiger partial charge in [-0.1, -0.05) is 44.2 Å². The highest BCUT2D eigenvalue weighted by atomic mass is 16.5. The number of unbranched alkanes of at least 4 members (excludes halogenated alkanes) is 5. The Morgan fingerprint density at radius 2 is 1.92 bits per heavy atom. The van der Waals surface area contributed by atoms with Gasteiger partial charge in [-0.05, 0) is 6.42 Å². The van der Waals surface area contributed by atoms with E-state index >= 15 is 0 Å². The highest BCUT2D eigenvalue weighted by Gasteiger charge is 1.97. The summed E-state index contributed by atoms with van der Waals surface area (Å²) in [5.74, 6) is 0.787. The molecular weight excluding hydrogens is 164 g/mol. The van der Waals surface area contributed by atoms with Crippen molar-refractivity contribution in [3.05, 3.63) is 12.2 Å². The highest BCUT2D eigenvalue weighted by molar-refractivity contribution is 4.76. The second-order valence-corrected chi connectivity index (χ2v) is 3.32. The van der Waals surface area contributed by atoms with E-state index in [-0.39, 0.29) is 0 Å². The molecule has 0 unspecified atom stereocenters. The maximum Gasteiger partial charge on any atom is 0.316 e. The van der Waals surface area contributed by atoms with Crippen LogP contribution >= 0.6 is 0 Å². The Labute approximate surface area is 79.5 Å². The molecule has 0 aliphatic rings. The molecule has 0 aromatic carbocycles. The fraction of sp³-hybridized carbons (Fsp3) is 0.800. The van der Waals surface area contributed by atoms with Gasteiger partial charge < -0.3 is 4.52 Å². The van der Waals surface area contributed by atoms with Crippen molar-refractivity contribution in [1.82, 2.24) is 10.1 Å². The summed E-state index contributed by atoms with van der Waals surface area (Å²) in [7, 11) is 0. The zero-order chi connectivity index (χ0) is 9.36. The lowest BCUT2D eigenvalue weighted by atomic mass is 10.1. The molecule has 1 aromatic heterocycles. The van der Waals surface area contributed by atoms with Crippen LogP contribution in [-0.4, -0.2) is 10.1 Å². The molecular formula is C10H17N2O. The highest BCUT2D eigenvalue weighted by Crippen LogP contribution is 2.06. The number of aryl methyl sites for hydroxylation is 1. The predicted octanol–water partition coefficient (Wildman–Crippen LogP) is 2.77. The summed E-state index contributed by atoms with van der Waals surface area (Å²) in [5, 5.41) is 3.71. The van der Waals surface area contributed by atoms with Crippen molar-refractivity contribution in [2.24, 2.45) is 0 Å². The molecule has 1 heterocycles.